The number of hydrogen-bond acceptors (Lipinski definition) is 6. The summed E-state index contributed by atoms with van der Waals surface area (Å²) in [6.45, 7) is 1.93. The van der Waals surface area contributed by atoms with Crippen molar-refractivity contribution in [3.05, 3.63) is 52.4 Å². The molecule has 4 aromatic rings. The Morgan fingerprint density at radius 1 is 1.27 bits per heavy atom. The molecule has 5 rings (SSSR count). The third-order valence-corrected chi connectivity index (χ3v) is 5.92. The number of nitriles is 1. The van der Waals surface area contributed by atoms with Crippen LogP contribution in [0.15, 0.2) is 30.6 Å². The Balaban J connectivity index is 1.52. The van der Waals surface area contributed by atoms with Gasteiger partial charge in [0.05, 0.1) is 17.0 Å². The van der Waals surface area contributed by atoms with Crippen LogP contribution >= 0.6 is 11.3 Å². The van der Waals surface area contributed by atoms with E-state index in [0.717, 1.165) is 28.7 Å². The standard InChI is InChI=1S/C19H15N5OS/c1-11(25-13-7-5-12(9-20)6-8-13)17-22-18-16-14-3-2-4-15(14)26-19(16)21-10-24(18)23-17/h5-8,10-11H,2-4H2,1H3. The van der Waals surface area contributed by atoms with Crippen molar-refractivity contribution in [2.24, 2.45) is 0 Å². The molecule has 0 amide bonds. The molecule has 0 saturated heterocycles. The minimum atomic E-state index is -0.301. The van der Waals surface area contributed by atoms with E-state index in [4.69, 9.17) is 15.0 Å². The molecule has 1 aliphatic carbocycles. The first kappa shape index (κ1) is 15.3. The predicted octanol–water partition coefficient (Wildman–Crippen LogP) is 3.84. The molecule has 0 spiro atoms. The van der Waals surface area contributed by atoms with Gasteiger partial charge in [0.15, 0.2) is 17.6 Å². The molecule has 1 unspecified atom stereocenters. The van der Waals surface area contributed by atoms with Crippen LogP contribution in [0.1, 0.15) is 41.3 Å². The minimum absolute atomic E-state index is 0.301. The van der Waals surface area contributed by atoms with Crippen LogP contribution in [-0.2, 0) is 12.8 Å². The summed E-state index contributed by atoms with van der Waals surface area (Å²) < 4.78 is 7.70. The molecule has 26 heavy (non-hydrogen) atoms. The molecular weight excluding hydrogens is 346 g/mol. The molecule has 0 N–H and O–H groups in total. The van der Waals surface area contributed by atoms with E-state index in [1.807, 2.05) is 6.92 Å². The van der Waals surface area contributed by atoms with E-state index < -0.39 is 0 Å². The van der Waals surface area contributed by atoms with Crippen LogP contribution in [0.3, 0.4) is 0 Å². The molecule has 0 aliphatic heterocycles. The summed E-state index contributed by atoms with van der Waals surface area (Å²) in [5, 5.41) is 14.6. The highest BCUT2D eigenvalue weighted by atomic mass is 32.1. The van der Waals surface area contributed by atoms with E-state index >= 15 is 0 Å². The van der Waals surface area contributed by atoms with Crippen LogP contribution in [0, 0.1) is 11.3 Å². The lowest BCUT2D eigenvalue weighted by Crippen LogP contribution is -2.05. The number of aryl methyl sites for hydroxylation is 2. The molecule has 1 aliphatic rings. The summed E-state index contributed by atoms with van der Waals surface area (Å²) >= 11 is 1.78. The molecule has 7 heteroatoms. The van der Waals surface area contributed by atoms with Crippen molar-refractivity contribution in [2.75, 3.05) is 0 Å². The van der Waals surface area contributed by atoms with Gasteiger partial charge in [-0.05, 0) is 56.0 Å². The summed E-state index contributed by atoms with van der Waals surface area (Å²) in [5.74, 6) is 1.32. The molecule has 1 atom stereocenters. The number of benzene rings is 1. The fourth-order valence-electron chi connectivity index (χ4n) is 3.45. The van der Waals surface area contributed by atoms with E-state index in [0.29, 0.717) is 17.1 Å². The first-order valence-electron chi connectivity index (χ1n) is 8.55. The van der Waals surface area contributed by atoms with Crippen LogP contribution in [0.4, 0.5) is 0 Å². The van der Waals surface area contributed by atoms with Crippen LogP contribution in [0.25, 0.3) is 15.9 Å². The summed E-state index contributed by atoms with van der Waals surface area (Å²) in [4.78, 5) is 11.8. The molecule has 1 aromatic carbocycles. The Hall–Kier alpha value is -2.98. The second-order valence-corrected chi connectivity index (χ2v) is 7.50. The van der Waals surface area contributed by atoms with E-state index in [1.54, 1.807) is 46.4 Å². The van der Waals surface area contributed by atoms with Gasteiger partial charge in [-0.2, -0.15) is 5.26 Å². The van der Waals surface area contributed by atoms with Crippen LogP contribution in [0.2, 0.25) is 0 Å². The molecule has 0 fully saturated rings. The Kier molecular flexibility index (Phi) is 3.40. The highest BCUT2D eigenvalue weighted by Crippen LogP contribution is 2.38. The molecule has 128 valence electrons. The zero-order valence-electron chi connectivity index (χ0n) is 14.1. The van der Waals surface area contributed by atoms with Crippen LogP contribution in [-0.4, -0.2) is 19.6 Å². The van der Waals surface area contributed by atoms with Crippen LogP contribution in [0.5, 0.6) is 5.75 Å². The van der Waals surface area contributed by atoms with E-state index in [1.165, 1.54) is 16.9 Å². The van der Waals surface area contributed by atoms with Crippen molar-refractivity contribution in [1.82, 2.24) is 19.6 Å². The molecule has 6 nitrogen and oxygen atoms in total. The molecule has 3 aromatic heterocycles. The monoisotopic (exact) mass is 361 g/mol. The minimum Gasteiger partial charge on any atom is -0.483 e. The lowest BCUT2D eigenvalue weighted by Gasteiger charge is -2.11. The van der Waals surface area contributed by atoms with Gasteiger partial charge in [-0.1, -0.05) is 0 Å². The largest absolute Gasteiger partial charge is 0.483 e. The van der Waals surface area contributed by atoms with Crippen molar-refractivity contribution in [1.29, 1.82) is 5.26 Å². The quantitative estimate of drug-likeness (QED) is 0.554. The lowest BCUT2D eigenvalue weighted by molar-refractivity contribution is 0.216. The number of fused-ring (bicyclic) bond motifs is 5. The maximum absolute atomic E-state index is 8.89. The summed E-state index contributed by atoms with van der Waals surface area (Å²) in [6.07, 6.45) is 4.87. The average molecular weight is 361 g/mol. The van der Waals surface area contributed by atoms with Gasteiger partial charge in [-0.15, -0.1) is 16.4 Å². The normalized spacial score (nSPS) is 14.5. The number of rotatable bonds is 3. The Morgan fingerprint density at radius 3 is 2.92 bits per heavy atom. The predicted molar refractivity (Wildman–Crippen MR) is 98.4 cm³/mol. The fourth-order valence-corrected chi connectivity index (χ4v) is 4.67. The van der Waals surface area contributed by atoms with Gasteiger partial charge >= 0.3 is 0 Å². The highest BCUT2D eigenvalue weighted by molar-refractivity contribution is 7.19. The average Bonchev–Trinajstić information content (AvgIpc) is 3.35. The van der Waals surface area contributed by atoms with Gasteiger partial charge in [-0.3, -0.25) is 0 Å². The second-order valence-electron chi connectivity index (χ2n) is 6.42. The molecule has 0 bridgehead atoms. The van der Waals surface area contributed by atoms with Crippen molar-refractivity contribution in [2.45, 2.75) is 32.3 Å². The highest BCUT2D eigenvalue weighted by Gasteiger charge is 2.23. The number of thiophene rings is 1. The first-order chi connectivity index (χ1) is 12.7. The molecule has 0 saturated carbocycles. The van der Waals surface area contributed by atoms with E-state index in [9.17, 15) is 0 Å². The number of nitrogens with zero attached hydrogens (tertiary/aromatic N) is 5. The van der Waals surface area contributed by atoms with Gasteiger partial charge in [0.1, 0.15) is 16.9 Å². The Morgan fingerprint density at radius 2 is 2.12 bits per heavy atom. The third-order valence-electron chi connectivity index (χ3n) is 4.72. The topological polar surface area (TPSA) is 76.1 Å². The van der Waals surface area contributed by atoms with Crippen molar-refractivity contribution < 1.29 is 4.74 Å². The fraction of sp³-hybridized carbons (Fsp3) is 0.263. The summed E-state index contributed by atoms with van der Waals surface area (Å²) in [7, 11) is 0. The van der Waals surface area contributed by atoms with Gasteiger partial charge in [-0.25, -0.2) is 14.5 Å². The van der Waals surface area contributed by atoms with Gasteiger partial charge in [0.2, 0.25) is 0 Å². The summed E-state index contributed by atoms with van der Waals surface area (Å²) in [5.41, 5.74) is 2.86. The Labute approximate surface area is 153 Å². The third kappa shape index (κ3) is 2.34. The van der Waals surface area contributed by atoms with Gasteiger partial charge in [0, 0.05) is 4.88 Å². The molecular formula is C19H15N5OS. The van der Waals surface area contributed by atoms with Crippen molar-refractivity contribution in [3.8, 4) is 11.8 Å². The second kappa shape index (κ2) is 5.78. The van der Waals surface area contributed by atoms with E-state index in [2.05, 4.69) is 16.2 Å². The maximum Gasteiger partial charge on any atom is 0.192 e. The number of aromatic nitrogens is 4. The lowest BCUT2D eigenvalue weighted by atomic mass is 10.2. The van der Waals surface area contributed by atoms with Crippen LogP contribution < -0.4 is 4.74 Å². The first-order valence-corrected chi connectivity index (χ1v) is 9.37. The van der Waals surface area contributed by atoms with Crippen molar-refractivity contribution in [3.63, 3.8) is 0 Å². The Bertz CT molecular complexity index is 1170. The number of hydrogen-bond donors (Lipinski definition) is 0. The van der Waals surface area contributed by atoms with E-state index in [-0.39, 0.29) is 6.10 Å². The zero-order chi connectivity index (χ0) is 17.7. The van der Waals surface area contributed by atoms with Gasteiger partial charge < -0.3 is 4.74 Å². The molecule has 3 heterocycles. The maximum atomic E-state index is 8.89. The zero-order valence-corrected chi connectivity index (χ0v) is 15.0. The van der Waals surface area contributed by atoms with Crippen molar-refractivity contribution >= 4 is 27.2 Å². The smallest absolute Gasteiger partial charge is 0.192 e. The van der Waals surface area contributed by atoms with Gasteiger partial charge in [0.25, 0.3) is 0 Å². The number of ether oxygens (including phenoxy) is 1. The molecule has 0 radical (unpaired) electrons. The summed E-state index contributed by atoms with van der Waals surface area (Å²) in [6, 6.07) is 9.15. The SMILES string of the molecule is CC(Oc1ccc(C#N)cc1)c1nc2c3c4c(sc3ncn2n1)CCC4.